The van der Waals surface area contributed by atoms with Crippen LogP contribution in [0, 0.1) is 6.57 Å². The van der Waals surface area contributed by atoms with Gasteiger partial charge in [0.2, 0.25) is 0 Å². The molecule has 0 saturated carbocycles. The second-order valence-corrected chi connectivity index (χ2v) is 5.11. The van der Waals surface area contributed by atoms with E-state index >= 15 is 0 Å². The van der Waals surface area contributed by atoms with E-state index in [0.717, 1.165) is 16.9 Å². The summed E-state index contributed by atoms with van der Waals surface area (Å²) in [5.41, 5.74) is 2.86. The molecule has 0 unspecified atom stereocenters. The first kappa shape index (κ1) is 11.7. The molecular weight excluding hydrogens is 184 g/mol. The van der Waals surface area contributed by atoms with E-state index in [4.69, 9.17) is 6.57 Å². The summed E-state index contributed by atoms with van der Waals surface area (Å²) in [4.78, 5) is 8.00. The van der Waals surface area contributed by atoms with E-state index in [-0.39, 0.29) is 5.41 Å². The highest BCUT2D eigenvalue weighted by molar-refractivity contribution is 5.57. The van der Waals surface area contributed by atoms with Crippen molar-refractivity contribution in [1.82, 2.24) is 4.98 Å². The zero-order valence-electron chi connectivity index (χ0n) is 10.1. The van der Waals surface area contributed by atoms with Crippen molar-refractivity contribution in [1.29, 1.82) is 0 Å². The Morgan fingerprint density at radius 1 is 1.33 bits per heavy atom. The zero-order valence-corrected chi connectivity index (χ0v) is 10.1. The maximum Gasteiger partial charge on any atom is 0.194 e. The minimum Gasteiger partial charge on any atom is -0.263 e. The maximum absolute atomic E-state index is 7.20. The molecule has 1 heterocycles. The molecule has 15 heavy (non-hydrogen) atoms. The van der Waals surface area contributed by atoms with Gasteiger partial charge in [0, 0.05) is 11.9 Å². The predicted molar refractivity (Wildman–Crippen MR) is 63.3 cm³/mol. The molecule has 0 spiro atoms. The second kappa shape index (κ2) is 4.02. The summed E-state index contributed by atoms with van der Waals surface area (Å²) in [7, 11) is 0. The molecular formula is C13H18N2. The molecule has 0 aliphatic rings. The summed E-state index contributed by atoms with van der Waals surface area (Å²) in [6.07, 6.45) is 1.73. The Morgan fingerprint density at radius 2 is 1.93 bits per heavy atom. The number of aromatic nitrogens is 1. The van der Waals surface area contributed by atoms with Crippen LogP contribution in [-0.4, -0.2) is 4.98 Å². The Balaban J connectivity index is 3.50. The second-order valence-electron chi connectivity index (χ2n) is 5.11. The minimum atomic E-state index is -0.0201. The van der Waals surface area contributed by atoms with E-state index in [1.165, 1.54) is 0 Å². The normalized spacial score (nSPS) is 11.5. The van der Waals surface area contributed by atoms with Crippen molar-refractivity contribution in [2.24, 2.45) is 0 Å². The van der Waals surface area contributed by atoms with Crippen LogP contribution in [0.3, 0.4) is 0 Å². The summed E-state index contributed by atoms with van der Waals surface area (Å²) < 4.78 is 0. The van der Waals surface area contributed by atoms with E-state index < -0.39 is 0 Å². The first-order chi connectivity index (χ1) is 6.88. The van der Waals surface area contributed by atoms with Gasteiger partial charge in [-0.05, 0) is 23.0 Å². The van der Waals surface area contributed by atoms with Crippen LogP contribution in [0.1, 0.15) is 51.8 Å². The average molecular weight is 202 g/mol. The van der Waals surface area contributed by atoms with Gasteiger partial charge < -0.3 is 0 Å². The van der Waals surface area contributed by atoms with Crippen molar-refractivity contribution >= 4 is 5.69 Å². The molecule has 0 amide bonds. The first-order valence-corrected chi connectivity index (χ1v) is 5.24. The quantitative estimate of drug-likeness (QED) is 0.628. The third kappa shape index (κ3) is 2.36. The Kier molecular flexibility index (Phi) is 3.14. The average Bonchev–Trinajstić information content (AvgIpc) is 2.15. The predicted octanol–water partition coefficient (Wildman–Crippen LogP) is 4.05. The summed E-state index contributed by atoms with van der Waals surface area (Å²) >= 11 is 0. The van der Waals surface area contributed by atoms with Crippen LogP contribution >= 0.6 is 0 Å². The molecule has 2 nitrogen and oxygen atoms in total. The molecule has 1 rings (SSSR count). The lowest BCUT2D eigenvalue weighted by Gasteiger charge is -2.25. The molecule has 0 bridgehead atoms. The smallest absolute Gasteiger partial charge is 0.194 e. The third-order valence-corrected chi connectivity index (χ3v) is 2.38. The summed E-state index contributed by atoms with van der Waals surface area (Å²) in [6, 6.07) is 1.81. The molecule has 0 atom stereocenters. The van der Waals surface area contributed by atoms with E-state index in [1.54, 1.807) is 12.3 Å². The molecule has 0 aliphatic heterocycles. The number of nitrogens with zero attached hydrogens (tertiary/aromatic N) is 2. The Bertz CT molecular complexity index is 392. The first-order valence-electron chi connectivity index (χ1n) is 5.24. The summed E-state index contributed by atoms with van der Waals surface area (Å²) in [5.74, 6) is 0.362. The topological polar surface area (TPSA) is 17.2 Å². The maximum atomic E-state index is 7.20. The van der Waals surface area contributed by atoms with E-state index in [0.29, 0.717) is 5.92 Å². The molecule has 0 saturated heterocycles. The van der Waals surface area contributed by atoms with Gasteiger partial charge in [-0.3, -0.25) is 4.98 Å². The van der Waals surface area contributed by atoms with Gasteiger partial charge in [0.25, 0.3) is 0 Å². The highest BCUT2D eigenvalue weighted by atomic mass is 14.7. The van der Waals surface area contributed by atoms with Crippen molar-refractivity contribution in [2.45, 2.75) is 46.0 Å². The molecule has 1 aromatic heterocycles. The van der Waals surface area contributed by atoms with Gasteiger partial charge in [-0.25, -0.2) is 4.85 Å². The minimum absolute atomic E-state index is 0.0201. The van der Waals surface area contributed by atoms with Crippen molar-refractivity contribution in [3.8, 4) is 0 Å². The van der Waals surface area contributed by atoms with Crippen molar-refractivity contribution < 1.29 is 0 Å². The lowest BCUT2D eigenvalue weighted by atomic mass is 9.82. The summed E-state index contributed by atoms with van der Waals surface area (Å²) in [6.45, 7) is 17.8. The lowest BCUT2D eigenvalue weighted by molar-refractivity contribution is 0.573. The van der Waals surface area contributed by atoms with Gasteiger partial charge in [0.1, 0.15) is 0 Å². The molecule has 0 fully saturated rings. The fourth-order valence-corrected chi connectivity index (χ4v) is 1.77. The van der Waals surface area contributed by atoms with Gasteiger partial charge in [-0.15, -0.1) is 0 Å². The van der Waals surface area contributed by atoms with Crippen LogP contribution in [0.5, 0.6) is 0 Å². The van der Waals surface area contributed by atoms with Gasteiger partial charge in [-0.2, -0.15) is 0 Å². The zero-order chi connectivity index (χ0) is 11.6. The largest absolute Gasteiger partial charge is 0.263 e. The number of rotatable bonds is 1. The fourth-order valence-electron chi connectivity index (χ4n) is 1.77. The van der Waals surface area contributed by atoms with Crippen LogP contribution in [0.15, 0.2) is 12.3 Å². The SMILES string of the molecule is [C-]#[N+]c1ccnc(C(C)C)c1C(C)(C)C. The Morgan fingerprint density at radius 3 is 2.33 bits per heavy atom. The van der Waals surface area contributed by atoms with Crippen LogP contribution in [0.4, 0.5) is 5.69 Å². The highest BCUT2D eigenvalue weighted by Gasteiger charge is 2.23. The van der Waals surface area contributed by atoms with E-state index in [9.17, 15) is 0 Å². The van der Waals surface area contributed by atoms with Crippen molar-refractivity contribution in [3.63, 3.8) is 0 Å². The van der Waals surface area contributed by atoms with Gasteiger partial charge in [-0.1, -0.05) is 34.6 Å². The molecule has 0 N–H and O–H groups in total. The molecule has 2 heteroatoms. The lowest BCUT2D eigenvalue weighted by Crippen LogP contribution is -2.16. The number of pyridine rings is 1. The van der Waals surface area contributed by atoms with Crippen LogP contribution in [-0.2, 0) is 5.41 Å². The monoisotopic (exact) mass is 202 g/mol. The Labute approximate surface area is 92.2 Å². The number of hydrogen-bond acceptors (Lipinski definition) is 1. The molecule has 0 aliphatic carbocycles. The van der Waals surface area contributed by atoms with E-state index in [1.807, 2.05) is 0 Å². The molecule has 0 aromatic carbocycles. The summed E-state index contributed by atoms with van der Waals surface area (Å²) in [5, 5.41) is 0. The van der Waals surface area contributed by atoms with Gasteiger partial charge >= 0.3 is 0 Å². The molecule has 1 aromatic rings. The highest BCUT2D eigenvalue weighted by Crippen LogP contribution is 2.36. The van der Waals surface area contributed by atoms with Gasteiger partial charge in [0.15, 0.2) is 5.69 Å². The van der Waals surface area contributed by atoms with Crippen LogP contribution in [0.2, 0.25) is 0 Å². The van der Waals surface area contributed by atoms with Crippen LogP contribution in [0.25, 0.3) is 4.85 Å². The van der Waals surface area contributed by atoms with Crippen molar-refractivity contribution in [3.05, 3.63) is 34.9 Å². The Hall–Kier alpha value is -1.36. The van der Waals surface area contributed by atoms with Crippen LogP contribution < -0.4 is 0 Å². The molecule has 80 valence electrons. The van der Waals surface area contributed by atoms with Gasteiger partial charge in [0.05, 0.1) is 6.57 Å². The molecule has 0 radical (unpaired) electrons. The standard InChI is InChI=1S/C13H18N2/c1-9(2)12-11(13(3,4)5)10(14-6)7-8-15-12/h7-9H,1-5H3. The van der Waals surface area contributed by atoms with Crippen molar-refractivity contribution in [2.75, 3.05) is 0 Å². The fraction of sp³-hybridized carbons (Fsp3) is 0.538. The third-order valence-electron chi connectivity index (χ3n) is 2.38. The number of hydrogen-bond donors (Lipinski definition) is 0. The van der Waals surface area contributed by atoms with E-state index in [2.05, 4.69) is 44.4 Å².